The minimum absolute atomic E-state index is 0.0213. The average molecular weight is 394 g/mol. The van der Waals surface area contributed by atoms with Crippen LogP contribution >= 0.6 is 0 Å². The number of ether oxygens (including phenoxy) is 1. The molecule has 1 amide bonds. The number of furan rings is 1. The average Bonchev–Trinajstić information content (AvgIpc) is 3.16. The lowest BCUT2D eigenvalue weighted by atomic mass is 10.2. The molecule has 0 saturated carbocycles. The molecule has 9 nitrogen and oxygen atoms in total. The number of sulfonamides is 1. The summed E-state index contributed by atoms with van der Waals surface area (Å²) in [6, 6.07) is 8.48. The number of morpholine rings is 1. The normalized spacial score (nSPS) is 15.4. The van der Waals surface area contributed by atoms with Gasteiger partial charge in [0.1, 0.15) is 5.76 Å². The second-order valence-electron chi connectivity index (χ2n) is 5.80. The van der Waals surface area contributed by atoms with Gasteiger partial charge in [0.25, 0.3) is 5.91 Å². The molecule has 2 aromatic rings. The van der Waals surface area contributed by atoms with Crippen LogP contribution in [-0.2, 0) is 21.3 Å². The van der Waals surface area contributed by atoms with Gasteiger partial charge in [-0.05, 0) is 30.3 Å². The molecular weight excluding hydrogens is 376 g/mol. The molecule has 27 heavy (non-hydrogen) atoms. The lowest BCUT2D eigenvalue weighted by Crippen LogP contribution is -2.40. The summed E-state index contributed by atoms with van der Waals surface area (Å²) < 4.78 is 36.9. The van der Waals surface area contributed by atoms with Crippen LogP contribution in [0.5, 0.6) is 0 Å². The van der Waals surface area contributed by atoms with E-state index in [9.17, 15) is 18.0 Å². The summed E-state index contributed by atoms with van der Waals surface area (Å²) in [6.07, 6.45) is 0. The van der Waals surface area contributed by atoms with E-state index in [1.807, 2.05) is 0 Å². The van der Waals surface area contributed by atoms with Crippen LogP contribution in [0.2, 0.25) is 0 Å². The third-order valence-corrected chi connectivity index (χ3v) is 5.89. The maximum atomic E-state index is 12.7. The quantitative estimate of drug-likeness (QED) is 0.746. The van der Waals surface area contributed by atoms with Gasteiger partial charge in [0.05, 0.1) is 24.7 Å². The number of benzene rings is 1. The van der Waals surface area contributed by atoms with E-state index in [0.717, 1.165) is 0 Å². The van der Waals surface area contributed by atoms with E-state index in [0.29, 0.717) is 13.2 Å². The molecular formula is C17H18N2O7S. The SMILES string of the molecule is O=C(NCc1ccc(C(=O)O)o1)c1cccc(S(=O)(=O)N2CCOCC2)c1. The standard InChI is InChI=1S/C17H18N2O7S/c20-16(18-11-13-4-5-15(26-13)17(21)22)12-2-1-3-14(10-12)27(23,24)19-6-8-25-9-7-19/h1-5,10H,6-9,11H2,(H,18,20)(H,21,22). The molecule has 1 aromatic heterocycles. The van der Waals surface area contributed by atoms with Gasteiger partial charge in [0.15, 0.2) is 0 Å². The highest BCUT2D eigenvalue weighted by atomic mass is 32.2. The summed E-state index contributed by atoms with van der Waals surface area (Å²) in [5.74, 6) is -1.65. The van der Waals surface area contributed by atoms with Crippen molar-refractivity contribution in [1.82, 2.24) is 9.62 Å². The first-order valence-electron chi connectivity index (χ1n) is 8.16. The summed E-state index contributed by atoms with van der Waals surface area (Å²) in [5, 5.41) is 11.4. The summed E-state index contributed by atoms with van der Waals surface area (Å²) in [5.41, 5.74) is 0.175. The first kappa shape index (κ1) is 19.1. The number of carboxylic acids is 1. The van der Waals surface area contributed by atoms with Crippen molar-refractivity contribution >= 4 is 21.9 Å². The Kier molecular flexibility index (Phi) is 5.59. The number of rotatable bonds is 6. The molecule has 1 aliphatic heterocycles. The van der Waals surface area contributed by atoms with Gasteiger partial charge < -0.3 is 19.6 Å². The van der Waals surface area contributed by atoms with Crippen molar-refractivity contribution in [3.8, 4) is 0 Å². The molecule has 0 bridgehead atoms. The molecule has 10 heteroatoms. The zero-order valence-corrected chi connectivity index (χ0v) is 15.1. The van der Waals surface area contributed by atoms with Gasteiger partial charge in [-0.2, -0.15) is 4.31 Å². The predicted molar refractivity (Wildman–Crippen MR) is 92.9 cm³/mol. The van der Waals surface area contributed by atoms with E-state index in [1.54, 1.807) is 0 Å². The molecule has 0 unspecified atom stereocenters. The second-order valence-corrected chi connectivity index (χ2v) is 7.74. The highest BCUT2D eigenvalue weighted by Gasteiger charge is 2.26. The summed E-state index contributed by atoms with van der Waals surface area (Å²) in [6.45, 7) is 1.18. The second kappa shape index (κ2) is 7.91. The summed E-state index contributed by atoms with van der Waals surface area (Å²) >= 11 is 0. The fourth-order valence-electron chi connectivity index (χ4n) is 2.59. The van der Waals surface area contributed by atoms with Gasteiger partial charge in [-0.25, -0.2) is 13.2 Å². The number of hydrogen-bond acceptors (Lipinski definition) is 6. The Hall–Kier alpha value is -2.69. The molecule has 1 aliphatic rings. The van der Waals surface area contributed by atoms with Crippen LogP contribution in [0.25, 0.3) is 0 Å². The number of carbonyl (C=O) groups excluding carboxylic acids is 1. The first-order chi connectivity index (χ1) is 12.9. The van der Waals surface area contributed by atoms with Gasteiger partial charge in [0, 0.05) is 18.7 Å². The fourth-order valence-corrected chi connectivity index (χ4v) is 4.05. The molecule has 0 spiro atoms. The number of carbonyl (C=O) groups is 2. The van der Waals surface area contributed by atoms with Crippen molar-refractivity contribution < 1.29 is 32.3 Å². The topological polar surface area (TPSA) is 126 Å². The van der Waals surface area contributed by atoms with Gasteiger partial charge in [0.2, 0.25) is 15.8 Å². The van der Waals surface area contributed by atoms with Crippen LogP contribution in [0.15, 0.2) is 45.7 Å². The Morgan fingerprint density at radius 3 is 2.56 bits per heavy atom. The third-order valence-electron chi connectivity index (χ3n) is 4.00. The maximum absolute atomic E-state index is 12.7. The first-order valence-corrected chi connectivity index (χ1v) is 9.60. The molecule has 3 rings (SSSR count). The molecule has 0 atom stereocenters. The lowest BCUT2D eigenvalue weighted by Gasteiger charge is -2.26. The zero-order valence-electron chi connectivity index (χ0n) is 14.3. The van der Waals surface area contributed by atoms with Gasteiger partial charge in [-0.15, -0.1) is 0 Å². The number of nitrogens with zero attached hydrogens (tertiary/aromatic N) is 1. The van der Waals surface area contributed by atoms with Crippen molar-refractivity contribution in [2.45, 2.75) is 11.4 Å². The Balaban J connectivity index is 1.70. The van der Waals surface area contributed by atoms with E-state index in [1.165, 1.54) is 40.7 Å². The van der Waals surface area contributed by atoms with Crippen molar-refractivity contribution in [3.05, 3.63) is 53.5 Å². The Bertz CT molecular complexity index is 946. The smallest absolute Gasteiger partial charge is 0.371 e. The molecule has 0 aliphatic carbocycles. The Morgan fingerprint density at radius 1 is 1.15 bits per heavy atom. The largest absolute Gasteiger partial charge is 0.475 e. The van der Waals surface area contributed by atoms with Gasteiger partial charge in [-0.3, -0.25) is 4.79 Å². The highest BCUT2D eigenvalue weighted by Crippen LogP contribution is 2.18. The Morgan fingerprint density at radius 2 is 1.89 bits per heavy atom. The van der Waals surface area contributed by atoms with Crippen LogP contribution in [0.1, 0.15) is 26.7 Å². The molecule has 2 heterocycles. The molecule has 0 radical (unpaired) electrons. The van der Waals surface area contributed by atoms with E-state index < -0.39 is 21.9 Å². The number of hydrogen-bond donors (Lipinski definition) is 2. The van der Waals surface area contributed by atoms with E-state index in [2.05, 4.69) is 5.32 Å². The van der Waals surface area contributed by atoms with Crippen molar-refractivity contribution in [2.75, 3.05) is 26.3 Å². The van der Waals surface area contributed by atoms with Crippen LogP contribution < -0.4 is 5.32 Å². The number of amides is 1. The highest BCUT2D eigenvalue weighted by molar-refractivity contribution is 7.89. The number of aromatic carboxylic acids is 1. The third kappa shape index (κ3) is 4.35. The maximum Gasteiger partial charge on any atom is 0.371 e. The summed E-state index contributed by atoms with van der Waals surface area (Å²) in [7, 11) is -3.70. The van der Waals surface area contributed by atoms with Crippen molar-refractivity contribution in [1.29, 1.82) is 0 Å². The van der Waals surface area contributed by atoms with E-state index in [-0.39, 0.29) is 41.6 Å². The minimum atomic E-state index is -3.70. The minimum Gasteiger partial charge on any atom is -0.475 e. The van der Waals surface area contributed by atoms with Crippen molar-refractivity contribution in [2.24, 2.45) is 0 Å². The predicted octanol–water partition coefficient (Wildman–Crippen LogP) is 0.929. The molecule has 144 valence electrons. The Labute approximate surface area is 155 Å². The van der Waals surface area contributed by atoms with Gasteiger partial charge in [-0.1, -0.05) is 6.07 Å². The van der Waals surface area contributed by atoms with Crippen LogP contribution in [-0.4, -0.2) is 56.0 Å². The molecule has 1 saturated heterocycles. The van der Waals surface area contributed by atoms with Crippen LogP contribution in [0, 0.1) is 0 Å². The zero-order chi connectivity index (χ0) is 19.4. The van der Waals surface area contributed by atoms with E-state index in [4.69, 9.17) is 14.3 Å². The number of nitrogens with one attached hydrogen (secondary N) is 1. The lowest BCUT2D eigenvalue weighted by molar-refractivity contribution is 0.0660. The molecule has 1 aromatic carbocycles. The van der Waals surface area contributed by atoms with Crippen LogP contribution in [0.3, 0.4) is 0 Å². The monoisotopic (exact) mass is 394 g/mol. The van der Waals surface area contributed by atoms with Gasteiger partial charge >= 0.3 is 5.97 Å². The fraction of sp³-hybridized carbons (Fsp3) is 0.294. The molecule has 1 fully saturated rings. The number of carboxylic acid groups (broad SMARTS) is 1. The van der Waals surface area contributed by atoms with Crippen molar-refractivity contribution in [3.63, 3.8) is 0 Å². The van der Waals surface area contributed by atoms with Crippen LogP contribution in [0.4, 0.5) is 0 Å². The van der Waals surface area contributed by atoms with E-state index >= 15 is 0 Å². The molecule has 2 N–H and O–H groups in total. The summed E-state index contributed by atoms with van der Waals surface area (Å²) in [4.78, 5) is 23.1.